The highest BCUT2D eigenvalue weighted by Gasteiger charge is 2.18. The van der Waals surface area contributed by atoms with Gasteiger partial charge in [-0.05, 0) is 45.8 Å². The van der Waals surface area contributed by atoms with Gasteiger partial charge in [-0.2, -0.15) is 0 Å². The Balaban J connectivity index is 1.40. The van der Waals surface area contributed by atoms with Gasteiger partial charge in [0.15, 0.2) is 17.5 Å². The summed E-state index contributed by atoms with van der Waals surface area (Å²) >= 11 is 0. The van der Waals surface area contributed by atoms with Crippen molar-refractivity contribution in [1.82, 2.24) is 19.9 Å². The highest BCUT2D eigenvalue weighted by atomic mass is 16.3. The SMILES string of the molecule is c1ccc2cc(-c3nc(-c4ccc5ccccc5c4)nc(-c4cccc5oc6ccncc6c45)n3)ccc2c1. The summed E-state index contributed by atoms with van der Waals surface area (Å²) in [6.45, 7) is 0. The zero-order valence-electron chi connectivity index (χ0n) is 20.7. The topological polar surface area (TPSA) is 64.7 Å². The van der Waals surface area contributed by atoms with Crippen molar-refractivity contribution in [2.24, 2.45) is 0 Å². The fourth-order valence-electron chi connectivity index (χ4n) is 5.27. The van der Waals surface area contributed by atoms with Crippen LogP contribution in [0.4, 0.5) is 0 Å². The van der Waals surface area contributed by atoms with Crippen LogP contribution in [0.15, 0.2) is 126 Å². The molecule has 0 radical (unpaired) electrons. The Kier molecular flexibility index (Phi) is 4.76. The maximum atomic E-state index is 6.13. The molecule has 0 N–H and O–H groups in total. The molecular formula is C34H20N4O. The van der Waals surface area contributed by atoms with Gasteiger partial charge in [-0.25, -0.2) is 15.0 Å². The molecule has 0 fully saturated rings. The first-order valence-corrected chi connectivity index (χ1v) is 12.8. The summed E-state index contributed by atoms with van der Waals surface area (Å²) in [5.74, 6) is 1.84. The first-order chi connectivity index (χ1) is 19.3. The van der Waals surface area contributed by atoms with Gasteiger partial charge in [-0.15, -0.1) is 0 Å². The molecule has 0 aliphatic heterocycles. The maximum absolute atomic E-state index is 6.13. The Morgan fingerprint density at radius 3 is 1.77 bits per heavy atom. The lowest BCUT2D eigenvalue weighted by Crippen LogP contribution is -2.00. The van der Waals surface area contributed by atoms with Crippen molar-refractivity contribution in [2.45, 2.75) is 0 Å². The molecular weight excluding hydrogens is 480 g/mol. The van der Waals surface area contributed by atoms with Crippen LogP contribution in [0.2, 0.25) is 0 Å². The van der Waals surface area contributed by atoms with E-state index in [0.717, 1.165) is 49.4 Å². The van der Waals surface area contributed by atoms with E-state index >= 15 is 0 Å². The lowest BCUT2D eigenvalue weighted by Gasteiger charge is -2.10. The summed E-state index contributed by atoms with van der Waals surface area (Å²) in [6, 6.07) is 37.1. The zero-order chi connectivity index (χ0) is 25.8. The lowest BCUT2D eigenvalue weighted by molar-refractivity contribution is 0.668. The molecule has 0 saturated carbocycles. The molecule has 0 bridgehead atoms. The smallest absolute Gasteiger partial charge is 0.164 e. The Bertz CT molecular complexity index is 2100. The van der Waals surface area contributed by atoms with E-state index in [9.17, 15) is 0 Å². The van der Waals surface area contributed by atoms with Crippen molar-refractivity contribution in [3.05, 3.63) is 122 Å². The monoisotopic (exact) mass is 500 g/mol. The number of hydrogen-bond acceptors (Lipinski definition) is 5. The normalized spacial score (nSPS) is 11.6. The second-order valence-electron chi connectivity index (χ2n) is 9.58. The van der Waals surface area contributed by atoms with Gasteiger partial charge in [0.2, 0.25) is 0 Å². The number of aromatic nitrogens is 4. The van der Waals surface area contributed by atoms with Crippen LogP contribution in [0, 0.1) is 0 Å². The molecule has 5 heteroatoms. The first kappa shape index (κ1) is 21.6. The van der Waals surface area contributed by atoms with Gasteiger partial charge in [0.05, 0.1) is 0 Å². The van der Waals surface area contributed by atoms with Gasteiger partial charge in [-0.1, -0.05) is 84.9 Å². The van der Waals surface area contributed by atoms with E-state index < -0.39 is 0 Å². The highest BCUT2D eigenvalue weighted by Crippen LogP contribution is 2.36. The molecule has 0 amide bonds. The number of fused-ring (bicyclic) bond motifs is 5. The predicted octanol–water partition coefficient (Wildman–Crippen LogP) is 8.47. The standard InChI is InChI=1S/C34H20N4O/c1-3-8-23-18-25(14-12-21(23)6-1)32-36-33(26-15-13-22-7-2-4-9-24(22)19-26)38-34(37-32)27-10-5-11-30-31(27)28-20-35-17-16-29(28)39-30/h1-20H. The van der Waals surface area contributed by atoms with Crippen molar-refractivity contribution < 1.29 is 4.42 Å². The first-order valence-electron chi connectivity index (χ1n) is 12.8. The summed E-state index contributed by atoms with van der Waals surface area (Å²) in [7, 11) is 0. The maximum Gasteiger partial charge on any atom is 0.164 e. The van der Waals surface area contributed by atoms with Crippen LogP contribution in [0.1, 0.15) is 0 Å². The fraction of sp³-hybridized carbons (Fsp3) is 0. The molecule has 39 heavy (non-hydrogen) atoms. The van der Waals surface area contributed by atoms with Gasteiger partial charge < -0.3 is 4.42 Å². The average Bonchev–Trinajstić information content (AvgIpc) is 3.39. The van der Waals surface area contributed by atoms with Crippen LogP contribution in [-0.4, -0.2) is 19.9 Å². The number of pyridine rings is 1. The van der Waals surface area contributed by atoms with Crippen molar-refractivity contribution in [3.63, 3.8) is 0 Å². The largest absolute Gasteiger partial charge is 0.456 e. The molecule has 8 rings (SSSR count). The minimum atomic E-state index is 0.591. The van der Waals surface area contributed by atoms with Gasteiger partial charge in [0.25, 0.3) is 0 Å². The second kappa shape index (κ2) is 8.57. The molecule has 5 nitrogen and oxygen atoms in total. The number of benzene rings is 5. The Morgan fingerprint density at radius 1 is 0.487 bits per heavy atom. The van der Waals surface area contributed by atoms with Gasteiger partial charge >= 0.3 is 0 Å². The zero-order valence-corrected chi connectivity index (χ0v) is 20.7. The fourth-order valence-corrected chi connectivity index (χ4v) is 5.27. The van der Waals surface area contributed by atoms with E-state index in [1.165, 1.54) is 10.8 Å². The number of furan rings is 1. The summed E-state index contributed by atoms with van der Waals surface area (Å²) in [5.41, 5.74) is 4.31. The predicted molar refractivity (Wildman–Crippen MR) is 156 cm³/mol. The molecule has 0 aliphatic rings. The molecule has 8 aromatic rings. The number of nitrogens with zero attached hydrogens (tertiary/aromatic N) is 4. The molecule has 3 heterocycles. The second-order valence-corrected chi connectivity index (χ2v) is 9.58. The van der Waals surface area contributed by atoms with E-state index in [-0.39, 0.29) is 0 Å². The molecule has 0 spiro atoms. The third kappa shape index (κ3) is 3.63. The Morgan fingerprint density at radius 2 is 1.10 bits per heavy atom. The summed E-state index contributed by atoms with van der Waals surface area (Å²) in [6.07, 6.45) is 3.57. The lowest BCUT2D eigenvalue weighted by atomic mass is 10.0. The van der Waals surface area contributed by atoms with Gasteiger partial charge in [-0.3, -0.25) is 4.98 Å². The van der Waals surface area contributed by atoms with Crippen LogP contribution in [0.25, 0.3) is 77.6 Å². The highest BCUT2D eigenvalue weighted by molar-refractivity contribution is 6.11. The van der Waals surface area contributed by atoms with Crippen LogP contribution in [0.5, 0.6) is 0 Å². The van der Waals surface area contributed by atoms with E-state index in [1.54, 1.807) is 6.20 Å². The third-order valence-electron chi connectivity index (χ3n) is 7.19. The summed E-state index contributed by atoms with van der Waals surface area (Å²) in [4.78, 5) is 19.4. The van der Waals surface area contributed by atoms with E-state index in [4.69, 9.17) is 19.4 Å². The molecule has 0 aliphatic carbocycles. The molecule has 0 unspecified atom stereocenters. The quantitative estimate of drug-likeness (QED) is 0.243. The van der Waals surface area contributed by atoms with Crippen molar-refractivity contribution in [2.75, 3.05) is 0 Å². The molecule has 5 aromatic carbocycles. The van der Waals surface area contributed by atoms with E-state index in [1.807, 2.05) is 54.7 Å². The molecule has 182 valence electrons. The van der Waals surface area contributed by atoms with Crippen molar-refractivity contribution >= 4 is 43.5 Å². The van der Waals surface area contributed by atoms with Crippen molar-refractivity contribution in [1.29, 1.82) is 0 Å². The molecule has 0 saturated heterocycles. The van der Waals surface area contributed by atoms with Gasteiger partial charge in [0, 0.05) is 39.9 Å². The minimum Gasteiger partial charge on any atom is -0.456 e. The van der Waals surface area contributed by atoms with Crippen LogP contribution >= 0.6 is 0 Å². The number of hydrogen-bond donors (Lipinski definition) is 0. The van der Waals surface area contributed by atoms with E-state index in [2.05, 4.69) is 65.6 Å². The molecule has 3 aromatic heterocycles. The minimum absolute atomic E-state index is 0.591. The summed E-state index contributed by atoms with van der Waals surface area (Å²) < 4.78 is 6.13. The van der Waals surface area contributed by atoms with Crippen LogP contribution < -0.4 is 0 Å². The summed E-state index contributed by atoms with van der Waals surface area (Å²) in [5, 5.41) is 6.50. The molecule has 0 atom stereocenters. The third-order valence-corrected chi connectivity index (χ3v) is 7.19. The Labute approximate surface area is 223 Å². The number of rotatable bonds is 3. The van der Waals surface area contributed by atoms with Crippen LogP contribution in [0.3, 0.4) is 0 Å². The van der Waals surface area contributed by atoms with E-state index in [0.29, 0.717) is 17.5 Å². The Hall–Kier alpha value is -5.42. The van der Waals surface area contributed by atoms with Gasteiger partial charge in [0.1, 0.15) is 11.2 Å². The average molecular weight is 501 g/mol. The van der Waals surface area contributed by atoms with Crippen molar-refractivity contribution in [3.8, 4) is 34.2 Å². The van der Waals surface area contributed by atoms with Crippen LogP contribution in [-0.2, 0) is 0 Å².